The number of H-pyrrole nitrogens is 1. The van der Waals surface area contributed by atoms with E-state index in [1.54, 1.807) is 42.5 Å². The van der Waals surface area contributed by atoms with Gasteiger partial charge in [0.05, 0.1) is 13.2 Å². The Morgan fingerprint density at radius 2 is 1.75 bits per heavy atom. The number of aromatic nitrogens is 1. The monoisotopic (exact) mass is 606 g/mol. The number of ether oxygens (including phenoxy) is 3. The third kappa shape index (κ3) is 8.59. The molecule has 1 aliphatic heterocycles. The molecule has 2 heterocycles. The Bertz CT molecular complexity index is 1490. The molecule has 1 fully saturated rings. The number of Topliss-reactive ketones (excluding diaryl/α,β-unsaturated/α-hetero) is 1. The lowest BCUT2D eigenvalue weighted by Gasteiger charge is -2.25. The van der Waals surface area contributed by atoms with E-state index < -0.39 is 48.4 Å². The van der Waals surface area contributed by atoms with E-state index in [2.05, 4.69) is 20.9 Å². The van der Waals surface area contributed by atoms with Gasteiger partial charge in [-0.15, -0.1) is 0 Å². The zero-order valence-electron chi connectivity index (χ0n) is 25.0. The van der Waals surface area contributed by atoms with Gasteiger partial charge in [0.15, 0.2) is 12.4 Å². The molecule has 2 aromatic carbocycles. The van der Waals surface area contributed by atoms with Gasteiger partial charge in [-0.25, -0.2) is 4.79 Å². The van der Waals surface area contributed by atoms with Crippen molar-refractivity contribution >= 4 is 40.6 Å². The molecule has 1 aromatic heterocycles. The van der Waals surface area contributed by atoms with Crippen molar-refractivity contribution in [1.82, 2.24) is 20.9 Å². The quantitative estimate of drug-likeness (QED) is 0.203. The maximum atomic E-state index is 13.5. The average molecular weight is 607 g/mol. The maximum Gasteiger partial charge on any atom is 0.509 e. The highest BCUT2D eigenvalue weighted by molar-refractivity contribution is 6.02. The predicted octanol–water partition coefficient (Wildman–Crippen LogP) is 3.25. The van der Waals surface area contributed by atoms with Crippen LogP contribution in [0.5, 0.6) is 5.75 Å². The SMILES string of the molecule is COc1cccc2[nH]c(C(=O)N[C@@H](CC(C)C)C(=O)N[C@@H](C[C@@H]3CCNC3=O)C(=O)COC(=O)OCc3ccccc3)cc12. The molecule has 44 heavy (non-hydrogen) atoms. The van der Waals surface area contributed by atoms with Crippen molar-refractivity contribution in [3.8, 4) is 5.75 Å². The van der Waals surface area contributed by atoms with Crippen molar-refractivity contribution in [2.75, 3.05) is 20.3 Å². The van der Waals surface area contributed by atoms with E-state index >= 15 is 0 Å². The number of ketones is 1. The highest BCUT2D eigenvalue weighted by Crippen LogP contribution is 2.26. The number of fused-ring (bicyclic) bond motifs is 1. The maximum absolute atomic E-state index is 13.5. The summed E-state index contributed by atoms with van der Waals surface area (Å²) in [5, 5.41) is 8.92. The minimum absolute atomic E-state index is 0.0169. The summed E-state index contributed by atoms with van der Waals surface area (Å²) in [7, 11) is 1.54. The zero-order chi connectivity index (χ0) is 31.6. The normalized spacial score (nSPS) is 15.7. The fourth-order valence-electron chi connectivity index (χ4n) is 5.05. The summed E-state index contributed by atoms with van der Waals surface area (Å²) in [5.74, 6) is -1.82. The predicted molar refractivity (Wildman–Crippen MR) is 161 cm³/mol. The van der Waals surface area contributed by atoms with E-state index in [-0.39, 0.29) is 37.0 Å². The molecular weight excluding hydrogens is 568 g/mol. The molecule has 0 saturated carbocycles. The van der Waals surface area contributed by atoms with Crippen molar-refractivity contribution in [1.29, 1.82) is 0 Å². The lowest BCUT2D eigenvalue weighted by atomic mass is 9.95. The molecule has 0 spiro atoms. The number of amides is 3. The third-order valence-corrected chi connectivity index (χ3v) is 7.34. The Kier molecular flexibility index (Phi) is 11.0. The summed E-state index contributed by atoms with van der Waals surface area (Å²) in [6.45, 7) is 3.57. The van der Waals surface area contributed by atoms with Crippen LogP contribution in [0, 0.1) is 11.8 Å². The molecule has 4 N–H and O–H groups in total. The molecule has 0 aliphatic carbocycles. The van der Waals surface area contributed by atoms with E-state index in [1.165, 1.54) is 7.11 Å². The Labute approximate surface area is 255 Å². The van der Waals surface area contributed by atoms with Gasteiger partial charge in [-0.3, -0.25) is 19.2 Å². The number of methoxy groups -OCH3 is 1. The van der Waals surface area contributed by atoms with Crippen molar-refractivity contribution in [2.45, 2.75) is 51.8 Å². The van der Waals surface area contributed by atoms with Gasteiger partial charge >= 0.3 is 6.16 Å². The number of nitrogens with one attached hydrogen (secondary N) is 4. The summed E-state index contributed by atoms with van der Waals surface area (Å²) < 4.78 is 15.5. The molecule has 234 valence electrons. The molecule has 0 unspecified atom stereocenters. The molecule has 0 radical (unpaired) electrons. The molecule has 1 saturated heterocycles. The second-order valence-corrected chi connectivity index (χ2v) is 11.1. The van der Waals surface area contributed by atoms with Crippen LogP contribution in [0.15, 0.2) is 54.6 Å². The molecule has 3 atom stereocenters. The first kappa shape index (κ1) is 32.1. The topological polar surface area (TPSA) is 165 Å². The lowest BCUT2D eigenvalue weighted by molar-refractivity contribution is -0.132. The van der Waals surface area contributed by atoms with Crippen LogP contribution in [-0.4, -0.2) is 67.0 Å². The lowest BCUT2D eigenvalue weighted by Crippen LogP contribution is -2.53. The van der Waals surface area contributed by atoms with Gasteiger partial charge in [-0.2, -0.15) is 0 Å². The molecular formula is C32H38N4O8. The van der Waals surface area contributed by atoms with Crippen molar-refractivity contribution in [3.05, 3.63) is 65.9 Å². The summed E-state index contributed by atoms with van der Waals surface area (Å²) >= 11 is 0. The molecule has 3 aromatic rings. The second kappa shape index (κ2) is 15.0. The Morgan fingerprint density at radius 3 is 2.43 bits per heavy atom. The summed E-state index contributed by atoms with van der Waals surface area (Å²) in [5.41, 5.74) is 1.68. The number of rotatable bonds is 14. The molecule has 1 aliphatic rings. The summed E-state index contributed by atoms with van der Waals surface area (Å²) in [4.78, 5) is 67.5. The summed E-state index contributed by atoms with van der Waals surface area (Å²) in [6, 6.07) is 13.9. The van der Waals surface area contributed by atoms with E-state index in [0.29, 0.717) is 29.6 Å². The van der Waals surface area contributed by atoms with Crippen LogP contribution in [0.3, 0.4) is 0 Å². The van der Waals surface area contributed by atoms with Crippen molar-refractivity contribution in [2.24, 2.45) is 11.8 Å². The Balaban J connectivity index is 1.43. The largest absolute Gasteiger partial charge is 0.509 e. The van der Waals surface area contributed by atoms with E-state index in [9.17, 15) is 24.0 Å². The number of aromatic amines is 1. The first-order valence-electron chi connectivity index (χ1n) is 14.6. The number of hydrogen-bond donors (Lipinski definition) is 4. The van der Waals surface area contributed by atoms with Crippen LogP contribution >= 0.6 is 0 Å². The molecule has 3 amide bonds. The van der Waals surface area contributed by atoms with Crippen LogP contribution in [0.4, 0.5) is 4.79 Å². The van der Waals surface area contributed by atoms with Crippen LogP contribution in [0.25, 0.3) is 10.9 Å². The van der Waals surface area contributed by atoms with Gasteiger partial charge in [-0.1, -0.05) is 50.2 Å². The van der Waals surface area contributed by atoms with Crippen molar-refractivity contribution in [3.63, 3.8) is 0 Å². The molecule has 12 nitrogen and oxygen atoms in total. The smallest absolute Gasteiger partial charge is 0.496 e. The second-order valence-electron chi connectivity index (χ2n) is 11.1. The number of carbonyl (C=O) groups excluding carboxylic acids is 5. The summed E-state index contributed by atoms with van der Waals surface area (Å²) in [6.07, 6.45) is -0.239. The minimum atomic E-state index is -1.14. The average Bonchev–Trinajstić information content (AvgIpc) is 3.64. The fourth-order valence-corrected chi connectivity index (χ4v) is 5.05. The van der Waals surface area contributed by atoms with Crippen LogP contribution in [0.1, 0.15) is 49.2 Å². The molecule has 12 heteroatoms. The third-order valence-electron chi connectivity index (χ3n) is 7.34. The van der Waals surface area contributed by atoms with Crippen molar-refractivity contribution < 1.29 is 38.2 Å². The highest BCUT2D eigenvalue weighted by Gasteiger charge is 2.34. The first-order valence-corrected chi connectivity index (χ1v) is 14.6. The fraction of sp³-hybridized carbons (Fsp3) is 0.406. The van der Waals surface area contributed by atoms with Crippen LogP contribution in [-0.2, 0) is 30.5 Å². The van der Waals surface area contributed by atoms with Gasteiger partial charge in [0, 0.05) is 23.4 Å². The highest BCUT2D eigenvalue weighted by atomic mass is 16.7. The van der Waals surface area contributed by atoms with E-state index in [0.717, 1.165) is 5.56 Å². The Morgan fingerprint density at radius 1 is 0.977 bits per heavy atom. The number of benzene rings is 2. The van der Waals surface area contributed by atoms with Gasteiger partial charge in [-0.05, 0) is 48.9 Å². The van der Waals surface area contributed by atoms with E-state index in [1.807, 2.05) is 26.0 Å². The van der Waals surface area contributed by atoms with Crippen LogP contribution in [0.2, 0.25) is 0 Å². The first-order chi connectivity index (χ1) is 21.1. The Hall–Kier alpha value is -4.87. The standard InChI is InChI=1S/C32H38N4O8/c1-19(2)14-25(36-31(40)26-16-22-23(34-26)10-7-11-28(22)42-3)30(39)35-24(15-21-12-13-33-29(21)38)27(37)18-44-32(41)43-17-20-8-5-4-6-9-20/h4-11,16,19,21,24-25,34H,12-15,17-18H2,1-3H3,(H,33,38)(H,35,39)(H,36,40)/t21-,24-,25-/m0/s1. The molecule has 4 rings (SSSR count). The molecule has 0 bridgehead atoms. The van der Waals surface area contributed by atoms with Gasteiger partial charge in [0.25, 0.3) is 5.91 Å². The van der Waals surface area contributed by atoms with Gasteiger partial charge in [0.1, 0.15) is 24.1 Å². The minimum Gasteiger partial charge on any atom is -0.496 e. The van der Waals surface area contributed by atoms with Gasteiger partial charge < -0.3 is 35.1 Å². The van der Waals surface area contributed by atoms with Crippen LogP contribution < -0.4 is 20.7 Å². The zero-order valence-corrected chi connectivity index (χ0v) is 25.0. The number of carbonyl (C=O) groups is 5. The van der Waals surface area contributed by atoms with E-state index in [4.69, 9.17) is 14.2 Å². The number of hydrogen-bond acceptors (Lipinski definition) is 8. The van der Waals surface area contributed by atoms with Gasteiger partial charge in [0.2, 0.25) is 11.8 Å².